The lowest BCUT2D eigenvalue weighted by atomic mass is 10.2. The van der Waals surface area contributed by atoms with Crippen LogP contribution in [0.15, 0.2) is 74.6 Å². The zero-order valence-electron chi connectivity index (χ0n) is 16.7. The van der Waals surface area contributed by atoms with Crippen LogP contribution in [-0.2, 0) is 11.3 Å². The van der Waals surface area contributed by atoms with E-state index in [1.165, 1.54) is 17.8 Å². The summed E-state index contributed by atoms with van der Waals surface area (Å²) in [5.41, 5.74) is 3.91. The number of aliphatic imine (C=N–C) groups is 1. The molecule has 0 saturated carbocycles. The second-order valence-corrected chi connectivity index (χ2v) is 8.81. The normalized spacial score (nSPS) is 14.2. The number of rotatable bonds is 6. The molecule has 0 aliphatic carbocycles. The van der Waals surface area contributed by atoms with Gasteiger partial charge in [0.25, 0.3) is 0 Å². The summed E-state index contributed by atoms with van der Waals surface area (Å²) in [6.45, 7) is 3.72. The number of morpholine rings is 1. The van der Waals surface area contributed by atoms with E-state index in [2.05, 4.69) is 53.9 Å². The molecule has 0 radical (unpaired) electrons. The fourth-order valence-corrected chi connectivity index (χ4v) is 4.70. The van der Waals surface area contributed by atoms with E-state index < -0.39 is 0 Å². The Bertz CT molecular complexity index is 1030. The minimum atomic E-state index is -0.259. The zero-order valence-corrected chi connectivity index (χ0v) is 19.9. The predicted octanol–water partition coefficient (Wildman–Crippen LogP) is 6.52. The van der Waals surface area contributed by atoms with E-state index in [0.29, 0.717) is 12.4 Å². The molecule has 1 heterocycles. The molecular formula is C24H21Br2FN2O2. The summed E-state index contributed by atoms with van der Waals surface area (Å²) in [7, 11) is 0. The third kappa shape index (κ3) is 5.93. The van der Waals surface area contributed by atoms with E-state index in [9.17, 15) is 4.39 Å². The quantitative estimate of drug-likeness (QED) is 0.329. The summed E-state index contributed by atoms with van der Waals surface area (Å²) in [5, 5.41) is 0. The van der Waals surface area contributed by atoms with Crippen molar-refractivity contribution in [3.63, 3.8) is 0 Å². The molecule has 0 unspecified atom stereocenters. The lowest BCUT2D eigenvalue weighted by Crippen LogP contribution is -2.36. The van der Waals surface area contributed by atoms with Crippen molar-refractivity contribution < 1.29 is 13.9 Å². The topological polar surface area (TPSA) is 34.1 Å². The van der Waals surface area contributed by atoms with Gasteiger partial charge in [-0.15, -0.1) is 0 Å². The minimum Gasteiger partial charge on any atom is -0.487 e. The van der Waals surface area contributed by atoms with Crippen LogP contribution >= 0.6 is 31.9 Å². The Hall–Kier alpha value is -2.22. The van der Waals surface area contributed by atoms with Crippen molar-refractivity contribution in [1.82, 2.24) is 0 Å². The molecule has 0 aromatic heterocycles. The first-order valence-corrected chi connectivity index (χ1v) is 11.5. The molecule has 0 atom stereocenters. The second-order valence-electron chi connectivity index (χ2n) is 7.10. The Morgan fingerprint density at radius 1 is 0.968 bits per heavy atom. The van der Waals surface area contributed by atoms with Crippen molar-refractivity contribution in [3.05, 3.63) is 86.6 Å². The number of ether oxygens (including phenoxy) is 2. The molecule has 1 aliphatic rings. The van der Waals surface area contributed by atoms with Crippen molar-refractivity contribution >= 4 is 49.4 Å². The molecule has 1 fully saturated rings. The highest BCUT2D eigenvalue weighted by Gasteiger charge is 2.11. The highest BCUT2D eigenvalue weighted by Crippen LogP contribution is 2.35. The molecule has 4 rings (SSSR count). The first-order chi connectivity index (χ1) is 15.1. The van der Waals surface area contributed by atoms with Gasteiger partial charge in [-0.25, -0.2) is 4.39 Å². The van der Waals surface area contributed by atoms with E-state index in [-0.39, 0.29) is 5.82 Å². The molecule has 0 spiro atoms. The largest absolute Gasteiger partial charge is 0.487 e. The summed E-state index contributed by atoms with van der Waals surface area (Å²) < 4.78 is 26.0. The van der Waals surface area contributed by atoms with Gasteiger partial charge in [-0.05, 0) is 91.5 Å². The molecule has 0 bridgehead atoms. The Kier molecular flexibility index (Phi) is 7.37. The van der Waals surface area contributed by atoms with Crippen molar-refractivity contribution in [2.75, 3.05) is 31.2 Å². The van der Waals surface area contributed by atoms with Crippen molar-refractivity contribution in [2.45, 2.75) is 6.61 Å². The molecule has 0 amide bonds. The van der Waals surface area contributed by atoms with Gasteiger partial charge in [0.1, 0.15) is 18.2 Å². The average molecular weight is 548 g/mol. The maximum absolute atomic E-state index is 13.0. The second kappa shape index (κ2) is 10.4. The van der Waals surface area contributed by atoms with Crippen LogP contribution < -0.4 is 9.64 Å². The third-order valence-electron chi connectivity index (χ3n) is 4.91. The van der Waals surface area contributed by atoms with Crippen LogP contribution in [0.5, 0.6) is 5.75 Å². The van der Waals surface area contributed by atoms with Gasteiger partial charge in [-0.3, -0.25) is 4.99 Å². The number of anilines is 1. The average Bonchev–Trinajstić information content (AvgIpc) is 2.79. The predicted molar refractivity (Wildman–Crippen MR) is 129 cm³/mol. The molecule has 4 nitrogen and oxygen atoms in total. The fraction of sp³-hybridized carbons (Fsp3) is 0.208. The van der Waals surface area contributed by atoms with E-state index in [0.717, 1.165) is 52.1 Å². The van der Waals surface area contributed by atoms with Crippen molar-refractivity contribution in [3.8, 4) is 5.75 Å². The van der Waals surface area contributed by atoms with Crippen LogP contribution in [0.4, 0.5) is 15.8 Å². The number of benzene rings is 3. The Labute approximate surface area is 198 Å². The Morgan fingerprint density at radius 3 is 2.26 bits per heavy atom. The van der Waals surface area contributed by atoms with Crippen LogP contribution in [0.2, 0.25) is 0 Å². The number of nitrogens with zero attached hydrogens (tertiary/aromatic N) is 2. The highest BCUT2D eigenvalue weighted by molar-refractivity contribution is 9.11. The van der Waals surface area contributed by atoms with Gasteiger partial charge in [0.05, 0.1) is 27.8 Å². The van der Waals surface area contributed by atoms with Crippen molar-refractivity contribution in [2.24, 2.45) is 4.99 Å². The van der Waals surface area contributed by atoms with Crippen LogP contribution in [0, 0.1) is 5.82 Å². The smallest absolute Gasteiger partial charge is 0.148 e. The van der Waals surface area contributed by atoms with E-state index in [1.807, 2.05) is 30.5 Å². The summed E-state index contributed by atoms with van der Waals surface area (Å²) >= 11 is 7.14. The van der Waals surface area contributed by atoms with Crippen LogP contribution in [-0.4, -0.2) is 32.5 Å². The zero-order chi connectivity index (χ0) is 21.6. The number of halogens is 3. The van der Waals surface area contributed by atoms with E-state index >= 15 is 0 Å². The third-order valence-corrected chi connectivity index (χ3v) is 6.08. The van der Waals surface area contributed by atoms with Crippen LogP contribution in [0.25, 0.3) is 0 Å². The monoisotopic (exact) mass is 546 g/mol. The van der Waals surface area contributed by atoms with Crippen LogP contribution in [0.3, 0.4) is 0 Å². The highest BCUT2D eigenvalue weighted by atomic mass is 79.9. The summed E-state index contributed by atoms with van der Waals surface area (Å²) in [4.78, 5) is 6.91. The lowest BCUT2D eigenvalue weighted by molar-refractivity contribution is 0.122. The molecule has 31 heavy (non-hydrogen) atoms. The van der Waals surface area contributed by atoms with Gasteiger partial charge in [-0.2, -0.15) is 0 Å². The van der Waals surface area contributed by atoms with Gasteiger partial charge < -0.3 is 14.4 Å². The summed E-state index contributed by atoms with van der Waals surface area (Å²) in [5.74, 6) is 0.432. The minimum absolute atomic E-state index is 0.259. The van der Waals surface area contributed by atoms with Crippen molar-refractivity contribution in [1.29, 1.82) is 0 Å². The molecule has 7 heteroatoms. The molecule has 1 saturated heterocycles. The summed E-state index contributed by atoms with van der Waals surface area (Å²) in [6, 6.07) is 18.4. The number of hydrogen-bond donors (Lipinski definition) is 0. The van der Waals surface area contributed by atoms with Gasteiger partial charge in [0, 0.05) is 25.0 Å². The van der Waals surface area contributed by atoms with Gasteiger partial charge in [-0.1, -0.05) is 12.1 Å². The maximum atomic E-state index is 13.0. The first-order valence-electron chi connectivity index (χ1n) is 9.91. The lowest BCUT2D eigenvalue weighted by Gasteiger charge is -2.28. The first kappa shape index (κ1) is 22.0. The molecule has 3 aromatic carbocycles. The molecule has 160 valence electrons. The summed E-state index contributed by atoms with van der Waals surface area (Å²) in [6.07, 6.45) is 1.82. The van der Waals surface area contributed by atoms with Crippen LogP contribution in [0.1, 0.15) is 11.1 Å². The molecule has 1 aliphatic heterocycles. The van der Waals surface area contributed by atoms with Gasteiger partial charge >= 0.3 is 0 Å². The molecule has 0 N–H and O–H groups in total. The SMILES string of the molecule is Fc1ccc(COc2c(Br)cc(C=Nc3ccc(N4CCOCC4)cc3)cc2Br)cc1. The van der Waals surface area contributed by atoms with E-state index in [1.54, 1.807) is 12.1 Å². The fourth-order valence-electron chi connectivity index (χ4n) is 3.25. The Morgan fingerprint density at radius 2 is 1.61 bits per heavy atom. The van der Waals surface area contributed by atoms with E-state index in [4.69, 9.17) is 9.47 Å². The Balaban J connectivity index is 1.41. The number of hydrogen-bond acceptors (Lipinski definition) is 4. The molecule has 3 aromatic rings. The molecular weight excluding hydrogens is 527 g/mol. The maximum Gasteiger partial charge on any atom is 0.148 e. The van der Waals surface area contributed by atoms with Gasteiger partial charge in [0.2, 0.25) is 0 Å². The standard InChI is InChI=1S/C24H21Br2FN2O2/c25-22-13-18(14-23(26)24(22)31-16-17-1-3-19(27)4-2-17)15-28-20-5-7-21(8-6-20)29-9-11-30-12-10-29/h1-8,13-15H,9-12,16H2. The van der Waals surface area contributed by atoms with Gasteiger partial charge in [0.15, 0.2) is 0 Å².